The molecule has 0 aliphatic heterocycles. The molecule has 3 heterocycles. The summed E-state index contributed by atoms with van der Waals surface area (Å²) in [5.74, 6) is 1.26. The summed E-state index contributed by atoms with van der Waals surface area (Å²) in [5.41, 5.74) is 8.50. The molecular formula is C47H47IrN3OSi-2. The molecule has 0 unspecified atom stereocenters. The summed E-state index contributed by atoms with van der Waals surface area (Å²) < 4.78 is 24.9. The minimum Gasteiger partial charge on any atom is -0.557 e. The molecule has 0 amide bonds. The fourth-order valence-corrected chi connectivity index (χ4v) is 8.47. The van der Waals surface area contributed by atoms with E-state index in [1.165, 1.54) is 10.8 Å². The molecule has 0 saturated heterocycles. The largest absolute Gasteiger partial charge is 0.557 e. The smallest absolute Gasteiger partial charge is 0.0798 e. The molecule has 8 rings (SSSR count). The van der Waals surface area contributed by atoms with Gasteiger partial charge in [-0.2, -0.15) is 0 Å². The Labute approximate surface area is 331 Å². The second kappa shape index (κ2) is 16.2. The zero-order chi connectivity index (χ0) is 38.2. The number of fused-ring (bicyclic) bond motifs is 3. The van der Waals surface area contributed by atoms with Crippen LogP contribution in [0.3, 0.4) is 0 Å². The van der Waals surface area contributed by atoms with Crippen molar-refractivity contribution >= 4 is 46.0 Å². The number of benzene rings is 5. The number of nitrogens with zero attached hydrogens (tertiary/aromatic N) is 3. The fourth-order valence-electron chi connectivity index (χ4n) is 6.89. The summed E-state index contributed by atoms with van der Waals surface area (Å²) in [5, 5.41) is 4.64. The second-order valence-electron chi connectivity index (χ2n) is 15.2. The van der Waals surface area contributed by atoms with E-state index in [0.717, 1.165) is 61.9 Å². The van der Waals surface area contributed by atoms with Gasteiger partial charge in [0.1, 0.15) is 0 Å². The first-order valence-electron chi connectivity index (χ1n) is 19.2. The molecule has 0 aliphatic carbocycles. The summed E-state index contributed by atoms with van der Waals surface area (Å²) in [6.07, 6.45) is 4.87. The van der Waals surface area contributed by atoms with E-state index < -0.39 is 14.4 Å². The number of rotatable bonds is 8. The standard InChI is InChI=1S/C29H23N2O.C18H24NSi.Ir/c1-19(2)16-20-14-15-23-24(18-32-28(23)17-20)29-30-25-11-5-6-12-27(25)31(29)26-13-7-9-21-8-3-4-10-22(21)26;1-14(2)11-16-12-17(15-9-7-6-8-10-15)19-13-18(16)20(3,4)5;/h3-15,17,19H,16H2,1-2H3;6-9,12-14H,11H2,1-5H3;/q2*-1;/i16D2;;. The van der Waals surface area contributed by atoms with Gasteiger partial charge in [0.05, 0.1) is 24.9 Å². The Hall–Kier alpha value is -4.61. The van der Waals surface area contributed by atoms with Gasteiger partial charge in [0, 0.05) is 52.0 Å². The first-order chi connectivity index (χ1) is 25.8. The van der Waals surface area contributed by atoms with Gasteiger partial charge in [-0.3, -0.25) is 4.98 Å². The Morgan fingerprint density at radius 3 is 2.32 bits per heavy atom. The van der Waals surface area contributed by atoms with Gasteiger partial charge in [-0.15, -0.1) is 42.0 Å². The van der Waals surface area contributed by atoms with Crippen LogP contribution in [-0.2, 0) is 32.9 Å². The number of aromatic nitrogens is 3. The molecule has 53 heavy (non-hydrogen) atoms. The van der Waals surface area contributed by atoms with E-state index in [0.29, 0.717) is 17.1 Å². The summed E-state index contributed by atoms with van der Waals surface area (Å²) in [7, 11) is -1.34. The van der Waals surface area contributed by atoms with Crippen LogP contribution in [0.5, 0.6) is 0 Å². The van der Waals surface area contributed by atoms with Gasteiger partial charge in [-0.25, -0.2) is 0 Å². The maximum Gasteiger partial charge on any atom is 0.0798 e. The fraction of sp³-hybridized carbons (Fsp3) is 0.234. The van der Waals surface area contributed by atoms with Gasteiger partial charge in [-0.05, 0) is 59.1 Å². The number of furan rings is 1. The number of para-hydroxylation sites is 2. The van der Waals surface area contributed by atoms with Crippen molar-refractivity contribution in [2.24, 2.45) is 11.8 Å². The van der Waals surface area contributed by atoms with Crippen LogP contribution in [0.2, 0.25) is 19.6 Å². The third-order valence-electron chi connectivity index (χ3n) is 9.17. The molecule has 3 aromatic heterocycles. The van der Waals surface area contributed by atoms with Gasteiger partial charge in [0.2, 0.25) is 0 Å². The van der Waals surface area contributed by atoms with Gasteiger partial charge >= 0.3 is 0 Å². The van der Waals surface area contributed by atoms with Crippen molar-refractivity contribution in [1.29, 1.82) is 0 Å². The summed E-state index contributed by atoms with van der Waals surface area (Å²) >= 11 is 0. The Kier molecular flexibility index (Phi) is 10.8. The third kappa shape index (κ3) is 8.31. The zero-order valence-electron chi connectivity index (χ0n) is 33.5. The minimum absolute atomic E-state index is 0. The number of pyridine rings is 1. The predicted molar refractivity (Wildman–Crippen MR) is 221 cm³/mol. The minimum atomic E-state index is -1.45. The molecule has 0 spiro atoms. The molecule has 8 aromatic rings. The van der Waals surface area contributed by atoms with Gasteiger partial charge in [0.15, 0.2) is 0 Å². The van der Waals surface area contributed by atoms with Crippen molar-refractivity contribution in [3.05, 3.63) is 145 Å². The maximum absolute atomic E-state index is 8.46. The van der Waals surface area contributed by atoms with E-state index in [1.54, 1.807) is 6.07 Å². The summed E-state index contributed by atoms with van der Waals surface area (Å²) in [6, 6.07) is 41.9. The Morgan fingerprint density at radius 1 is 0.811 bits per heavy atom. The van der Waals surface area contributed by atoms with E-state index in [1.807, 2.05) is 74.5 Å². The van der Waals surface area contributed by atoms with Crippen LogP contribution in [0.1, 0.15) is 41.6 Å². The molecule has 6 heteroatoms. The summed E-state index contributed by atoms with van der Waals surface area (Å²) in [6.45, 7) is 15.5. The van der Waals surface area contributed by atoms with Crippen LogP contribution in [0, 0.1) is 24.2 Å². The normalized spacial score (nSPS) is 12.5. The van der Waals surface area contributed by atoms with Crippen molar-refractivity contribution in [2.45, 2.75) is 60.1 Å². The summed E-state index contributed by atoms with van der Waals surface area (Å²) in [4.78, 5) is 9.67. The molecule has 0 aliphatic rings. The molecule has 0 fully saturated rings. The van der Waals surface area contributed by atoms with Crippen LogP contribution >= 0.6 is 0 Å². The van der Waals surface area contributed by atoms with Crippen molar-refractivity contribution < 1.29 is 27.3 Å². The third-order valence-corrected chi connectivity index (χ3v) is 11.2. The molecule has 4 nitrogen and oxygen atoms in total. The van der Waals surface area contributed by atoms with E-state index in [4.69, 9.17) is 12.1 Å². The number of hydrogen-bond donors (Lipinski definition) is 0. The molecule has 0 saturated carbocycles. The SMILES string of the molecule is CC(C)Cc1cc(-c2[c-]cccc2)ncc1[Si](C)(C)C.[2H]C([2H])(c1ccc2c(-c3nc4ccccc4n3-c3cccc4ccccc34)[c-]oc2c1)C(C)C.[Ir]. The zero-order valence-corrected chi connectivity index (χ0v) is 34.9. The number of hydrogen-bond acceptors (Lipinski definition) is 3. The second-order valence-corrected chi connectivity index (χ2v) is 20.2. The molecule has 271 valence electrons. The molecule has 0 atom stereocenters. The van der Waals surface area contributed by atoms with Crippen molar-refractivity contribution in [1.82, 2.24) is 14.5 Å². The van der Waals surface area contributed by atoms with Crippen molar-refractivity contribution in [3.63, 3.8) is 0 Å². The first kappa shape index (κ1) is 35.4. The van der Waals surface area contributed by atoms with Crippen LogP contribution in [0.15, 0.2) is 126 Å². The van der Waals surface area contributed by atoms with E-state index in [2.05, 4.69) is 110 Å². The average Bonchev–Trinajstić information content (AvgIpc) is 3.75. The Morgan fingerprint density at radius 2 is 1.57 bits per heavy atom. The number of imidazole rings is 1. The molecule has 1 radical (unpaired) electrons. The van der Waals surface area contributed by atoms with E-state index in [9.17, 15) is 0 Å². The molecule has 5 aromatic carbocycles. The quantitative estimate of drug-likeness (QED) is 0.113. The molecule has 0 bridgehead atoms. The van der Waals surface area contributed by atoms with Gasteiger partial charge in [0.25, 0.3) is 0 Å². The first-order valence-corrected chi connectivity index (χ1v) is 21.7. The van der Waals surface area contributed by atoms with Crippen LogP contribution in [-0.4, -0.2) is 22.6 Å². The Balaban J connectivity index is 0.000000211. The topological polar surface area (TPSA) is 43.9 Å². The van der Waals surface area contributed by atoms with Gasteiger partial charge < -0.3 is 14.0 Å². The van der Waals surface area contributed by atoms with Gasteiger partial charge in [-0.1, -0.05) is 136 Å². The molecule has 0 N–H and O–H groups in total. The average molecular weight is 892 g/mol. The maximum atomic E-state index is 8.46. The van der Waals surface area contributed by atoms with Crippen molar-refractivity contribution in [2.75, 3.05) is 0 Å². The van der Waals surface area contributed by atoms with E-state index >= 15 is 0 Å². The van der Waals surface area contributed by atoms with Crippen LogP contribution < -0.4 is 5.19 Å². The monoisotopic (exact) mass is 892 g/mol. The Bertz CT molecular complexity index is 2560. The van der Waals surface area contributed by atoms with Crippen molar-refractivity contribution in [3.8, 4) is 28.3 Å². The van der Waals surface area contributed by atoms with Crippen LogP contribution in [0.4, 0.5) is 0 Å². The van der Waals surface area contributed by atoms with Crippen LogP contribution in [0.25, 0.3) is 61.1 Å². The molecular weight excluding hydrogens is 843 g/mol. The predicted octanol–water partition coefficient (Wildman–Crippen LogP) is 11.9. The van der Waals surface area contributed by atoms with E-state index in [-0.39, 0.29) is 26.0 Å².